The smallest absolute Gasteiger partial charge is 0.336 e. The number of carboxylic acid groups (broad SMARTS) is 1. The maximum Gasteiger partial charge on any atom is 0.336 e. The molecular weight excluding hydrogens is 326 g/mol. The molecular formula is C22H23NO3. The van der Waals surface area contributed by atoms with E-state index in [1.54, 1.807) is 12.1 Å². The van der Waals surface area contributed by atoms with Crippen molar-refractivity contribution in [3.05, 3.63) is 58.7 Å². The van der Waals surface area contributed by atoms with Gasteiger partial charge in [-0.05, 0) is 62.1 Å². The molecule has 0 saturated carbocycles. The van der Waals surface area contributed by atoms with E-state index in [2.05, 4.69) is 6.92 Å². The number of aryl methyl sites for hydroxylation is 3. The van der Waals surface area contributed by atoms with Crippen LogP contribution in [-0.4, -0.2) is 22.7 Å². The summed E-state index contributed by atoms with van der Waals surface area (Å²) in [5.41, 5.74) is 5.57. The van der Waals surface area contributed by atoms with Gasteiger partial charge in [-0.3, -0.25) is 0 Å². The number of carboxylic acids is 1. The van der Waals surface area contributed by atoms with Crippen LogP contribution >= 0.6 is 0 Å². The largest absolute Gasteiger partial charge is 0.493 e. The summed E-state index contributed by atoms with van der Waals surface area (Å²) < 4.78 is 5.84. The number of para-hydroxylation sites is 1. The lowest BCUT2D eigenvalue weighted by atomic mass is 9.99. The van der Waals surface area contributed by atoms with E-state index in [1.165, 1.54) is 0 Å². The number of hydrogen-bond acceptors (Lipinski definition) is 3. The predicted octanol–water partition coefficient (Wildman–Crippen LogP) is 5.31. The molecule has 0 atom stereocenters. The maximum atomic E-state index is 11.8. The Morgan fingerprint density at radius 1 is 1.08 bits per heavy atom. The third-order valence-corrected chi connectivity index (χ3v) is 4.48. The van der Waals surface area contributed by atoms with Gasteiger partial charge in [0, 0.05) is 10.9 Å². The average Bonchev–Trinajstić information content (AvgIpc) is 2.60. The summed E-state index contributed by atoms with van der Waals surface area (Å²) in [5, 5.41) is 10.3. The number of benzene rings is 2. The molecule has 0 spiro atoms. The molecule has 0 amide bonds. The number of hydrogen-bond donors (Lipinski definition) is 1. The zero-order valence-electron chi connectivity index (χ0n) is 15.6. The molecule has 0 aliphatic carbocycles. The van der Waals surface area contributed by atoms with E-state index >= 15 is 0 Å². The fourth-order valence-electron chi connectivity index (χ4n) is 3.25. The molecule has 0 bridgehead atoms. The first kappa shape index (κ1) is 17.9. The number of aromatic nitrogens is 1. The highest BCUT2D eigenvalue weighted by molar-refractivity contribution is 6.04. The van der Waals surface area contributed by atoms with E-state index in [9.17, 15) is 9.90 Å². The molecule has 1 heterocycles. The van der Waals surface area contributed by atoms with Crippen molar-refractivity contribution in [2.45, 2.75) is 34.1 Å². The molecule has 1 N–H and O–H groups in total. The van der Waals surface area contributed by atoms with Gasteiger partial charge in [-0.2, -0.15) is 0 Å². The minimum atomic E-state index is -0.944. The van der Waals surface area contributed by atoms with Crippen LogP contribution in [0.25, 0.3) is 22.2 Å². The Labute approximate surface area is 153 Å². The van der Waals surface area contributed by atoms with Crippen molar-refractivity contribution in [2.24, 2.45) is 0 Å². The summed E-state index contributed by atoms with van der Waals surface area (Å²) in [6.07, 6.45) is 0.952. The van der Waals surface area contributed by atoms with Crippen molar-refractivity contribution >= 4 is 16.9 Å². The summed E-state index contributed by atoms with van der Waals surface area (Å²) in [7, 11) is 0. The number of pyridine rings is 1. The SMILES string of the molecule is CCCOc1c(C)cc(-c2cc(C(=O)O)c3cccc(C)c3n2)cc1C. The second-order valence-electron chi connectivity index (χ2n) is 6.62. The number of rotatable bonds is 5. The Balaban J connectivity index is 2.19. The molecule has 3 aromatic rings. The zero-order valence-corrected chi connectivity index (χ0v) is 15.6. The van der Waals surface area contributed by atoms with E-state index in [1.807, 2.05) is 45.0 Å². The quantitative estimate of drug-likeness (QED) is 0.678. The summed E-state index contributed by atoms with van der Waals surface area (Å²) in [6, 6.07) is 11.3. The Morgan fingerprint density at radius 2 is 1.77 bits per heavy atom. The molecule has 26 heavy (non-hydrogen) atoms. The number of carbonyl (C=O) groups is 1. The zero-order chi connectivity index (χ0) is 18.8. The fourth-order valence-corrected chi connectivity index (χ4v) is 3.25. The van der Waals surface area contributed by atoms with Gasteiger partial charge in [-0.1, -0.05) is 25.1 Å². The van der Waals surface area contributed by atoms with Gasteiger partial charge < -0.3 is 9.84 Å². The third-order valence-electron chi connectivity index (χ3n) is 4.48. The van der Waals surface area contributed by atoms with Gasteiger partial charge >= 0.3 is 5.97 Å². The van der Waals surface area contributed by atoms with Crippen molar-refractivity contribution in [2.75, 3.05) is 6.61 Å². The Kier molecular flexibility index (Phi) is 4.94. The van der Waals surface area contributed by atoms with E-state index in [4.69, 9.17) is 9.72 Å². The second-order valence-corrected chi connectivity index (χ2v) is 6.62. The van der Waals surface area contributed by atoms with Gasteiger partial charge in [0.05, 0.1) is 23.4 Å². The van der Waals surface area contributed by atoms with Crippen LogP contribution in [-0.2, 0) is 0 Å². The first-order chi connectivity index (χ1) is 12.4. The average molecular weight is 349 g/mol. The number of nitrogens with zero attached hydrogens (tertiary/aromatic N) is 1. The van der Waals surface area contributed by atoms with Crippen LogP contribution in [0.1, 0.15) is 40.4 Å². The molecule has 0 unspecified atom stereocenters. The first-order valence-electron chi connectivity index (χ1n) is 8.80. The lowest BCUT2D eigenvalue weighted by molar-refractivity contribution is 0.0699. The highest BCUT2D eigenvalue weighted by Crippen LogP contribution is 2.32. The lowest BCUT2D eigenvalue weighted by Crippen LogP contribution is -2.02. The van der Waals surface area contributed by atoms with Crippen molar-refractivity contribution < 1.29 is 14.6 Å². The number of ether oxygens (including phenoxy) is 1. The normalized spacial score (nSPS) is 10.9. The molecule has 0 saturated heterocycles. The molecule has 2 aromatic carbocycles. The number of fused-ring (bicyclic) bond motifs is 1. The van der Waals surface area contributed by atoms with Crippen molar-refractivity contribution in [3.63, 3.8) is 0 Å². The van der Waals surface area contributed by atoms with Gasteiger partial charge in [0.1, 0.15) is 5.75 Å². The van der Waals surface area contributed by atoms with E-state index < -0.39 is 5.97 Å². The van der Waals surface area contributed by atoms with Crippen LogP contribution in [0.4, 0.5) is 0 Å². The van der Waals surface area contributed by atoms with Gasteiger partial charge in [0.2, 0.25) is 0 Å². The predicted molar refractivity (Wildman–Crippen MR) is 104 cm³/mol. The standard InChI is InChI=1S/C22H23NO3/c1-5-9-26-21-14(3)10-16(11-15(21)4)19-12-18(22(24)25)17-8-6-7-13(2)20(17)23-19/h6-8,10-12H,5,9H2,1-4H3,(H,24,25). The lowest BCUT2D eigenvalue weighted by Gasteiger charge is -2.14. The van der Waals surface area contributed by atoms with Gasteiger partial charge in [0.15, 0.2) is 0 Å². The number of aromatic carboxylic acids is 1. The monoisotopic (exact) mass is 349 g/mol. The van der Waals surface area contributed by atoms with Crippen molar-refractivity contribution in [1.82, 2.24) is 4.98 Å². The second kappa shape index (κ2) is 7.16. The molecule has 0 aliphatic heterocycles. The topological polar surface area (TPSA) is 59.4 Å². The van der Waals surface area contributed by atoms with Crippen LogP contribution in [0.3, 0.4) is 0 Å². The molecule has 1 aromatic heterocycles. The summed E-state index contributed by atoms with van der Waals surface area (Å²) in [4.78, 5) is 16.5. The molecule has 4 nitrogen and oxygen atoms in total. The summed E-state index contributed by atoms with van der Waals surface area (Å²) in [5.74, 6) is -0.0494. The van der Waals surface area contributed by atoms with Crippen LogP contribution in [0, 0.1) is 20.8 Å². The minimum absolute atomic E-state index is 0.273. The van der Waals surface area contributed by atoms with Crippen LogP contribution in [0.2, 0.25) is 0 Å². The van der Waals surface area contributed by atoms with Crippen LogP contribution in [0.5, 0.6) is 5.75 Å². The summed E-state index contributed by atoms with van der Waals surface area (Å²) >= 11 is 0. The van der Waals surface area contributed by atoms with Gasteiger partial charge in [-0.15, -0.1) is 0 Å². The van der Waals surface area contributed by atoms with Crippen LogP contribution < -0.4 is 4.74 Å². The van der Waals surface area contributed by atoms with Crippen molar-refractivity contribution in [3.8, 4) is 17.0 Å². The molecule has 0 radical (unpaired) electrons. The van der Waals surface area contributed by atoms with Crippen LogP contribution in [0.15, 0.2) is 36.4 Å². The van der Waals surface area contributed by atoms with E-state index in [0.29, 0.717) is 17.7 Å². The third kappa shape index (κ3) is 3.27. The molecule has 4 heteroatoms. The van der Waals surface area contributed by atoms with Gasteiger partial charge in [-0.25, -0.2) is 9.78 Å². The molecule has 134 valence electrons. The molecule has 0 fully saturated rings. The molecule has 3 rings (SSSR count). The van der Waals surface area contributed by atoms with E-state index in [-0.39, 0.29) is 5.56 Å². The Morgan fingerprint density at radius 3 is 2.38 bits per heavy atom. The first-order valence-corrected chi connectivity index (χ1v) is 8.80. The summed E-state index contributed by atoms with van der Waals surface area (Å²) in [6.45, 7) is 8.71. The molecule has 0 aliphatic rings. The highest BCUT2D eigenvalue weighted by Gasteiger charge is 2.15. The van der Waals surface area contributed by atoms with Gasteiger partial charge in [0.25, 0.3) is 0 Å². The van der Waals surface area contributed by atoms with Crippen molar-refractivity contribution in [1.29, 1.82) is 0 Å². The minimum Gasteiger partial charge on any atom is -0.493 e. The Bertz CT molecular complexity index is 969. The highest BCUT2D eigenvalue weighted by atomic mass is 16.5. The van der Waals surface area contributed by atoms with E-state index in [0.717, 1.165) is 39.9 Å². The maximum absolute atomic E-state index is 11.8. The fraction of sp³-hybridized carbons (Fsp3) is 0.273. The Hall–Kier alpha value is -2.88.